The lowest BCUT2D eigenvalue weighted by Gasteiger charge is -2.30. The summed E-state index contributed by atoms with van der Waals surface area (Å²) in [6, 6.07) is 3.73. The van der Waals surface area contributed by atoms with E-state index in [0.717, 1.165) is 12.2 Å². The number of amides is 1. The number of rotatable bonds is 7. The zero-order valence-electron chi connectivity index (χ0n) is 12.2. The standard InChI is InChI=1S/C14H25N3O2/c1-5-11(15)14(12-7-6-8-19-12)17(4)9-13(18)16-10(2)3/h6-8,10-11,14H,5,9,15H2,1-4H3,(H,16,18). The van der Waals surface area contributed by atoms with Crippen LogP contribution in [0.2, 0.25) is 0 Å². The molecule has 0 aliphatic heterocycles. The molecule has 0 bridgehead atoms. The quantitative estimate of drug-likeness (QED) is 0.785. The summed E-state index contributed by atoms with van der Waals surface area (Å²) in [5.41, 5.74) is 6.15. The Morgan fingerprint density at radius 1 is 1.53 bits per heavy atom. The number of hydrogen-bond acceptors (Lipinski definition) is 4. The minimum atomic E-state index is -0.0853. The second-order valence-electron chi connectivity index (χ2n) is 5.17. The molecule has 0 aliphatic carbocycles. The van der Waals surface area contributed by atoms with E-state index in [1.807, 2.05) is 44.9 Å². The monoisotopic (exact) mass is 267 g/mol. The molecule has 1 aromatic heterocycles. The highest BCUT2D eigenvalue weighted by Crippen LogP contribution is 2.23. The molecule has 0 spiro atoms. The highest BCUT2D eigenvalue weighted by atomic mass is 16.3. The highest BCUT2D eigenvalue weighted by molar-refractivity contribution is 5.78. The van der Waals surface area contributed by atoms with Crippen LogP contribution < -0.4 is 11.1 Å². The number of hydrogen-bond donors (Lipinski definition) is 2. The summed E-state index contributed by atoms with van der Waals surface area (Å²) < 4.78 is 5.45. The largest absolute Gasteiger partial charge is 0.468 e. The van der Waals surface area contributed by atoms with Gasteiger partial charge in [0.2, 0.25) is 5.91 Å². The van der Waals surface area contributed by atoms with Gasteiger partial charge in [-0.05, 0) is 39.4 Å². The Balaban J connectivity index is 2.73. The number of carbonyl (C=O) groups excluding carboxylic acids is 1. The minimum Gasteiger partial charge on any atom is -0.468 e. The van der Waals surface area contributed by atoms with Crippen molar-refractivity contribution in [3.05, 3.63) is 24.2 Å². The van der Waals surface area contributed by atoms with Gasteiger partial charge in [0, 0.05) is 12.1 Å². The first kappa shape index (κ1) is 15.7. The molecular weight excluding hydrogens is 242 g/mol. The van der Waals surface area contributed by atoms with Crippen LogP contribution in [0.1, 0.15) is 39.0 Å². The average molecular weight is 267 g/mol. The summed E-state index contributed by atoms with van der Waals surface area (Å²) in [6.07, 6.45) is 2.45. The molecule has 0 radical (unpaired) electrons. The van der Waals surface area contributed by atoms with Gasteiger partial charge in [0.15, 0.2) is 0 Å². The summed E-state index contributed by atoms with van der Waals surface area (Å²) in [5, 5.41) is 2.88. The molecule has 0 fully saturated rings. The maximum absolute atomic E-state index is 11.8. The normalized spacial score (nSPS) is 14.7. The maximum atomic E-state index is 11.8. The van der Waals surface area contributed by atoms with Gasteiger partial charge < -0.3 is 15.5 Å². The number of carbonyl (C=O) groups is 1. The fraction of sp³-hybridized carbons (Fsp3) is 0.643. The van der Waals surface area contributed by atoms with E-state index in [-0.39, 0.29) is 24.0 Å². The van der Waals surface area contributed by atoms with Crippen molar-refractivity contribution in [2.24, 2.45) is 5.73 Å². The van der Waals surface area contributed by atoms with E-state index in [0.29, 0.717) is 6.54 Å². The van der Waals surface area contributed by atoms with Crippen molar-refractivity contribution >= 4 is 5.91 Å². The van der Waals surface area contributed by atoms with Gasteiger partial charge in [-0.1, -0.05) is 6.92 Å². The Hall–Kier alpha value is -1.33. The fourth-order valence-corrected chi connectivity index (χ4v) is 2.13. The number of likely N-dealkylation sites (N-methyl/N-ethyl adjacent to an activating group) is 1. The summed E-state index contributed by atoms with van der Waals surface area (Å²) in [6.45, 7) is 6.22. The third-order valence-electron chi connectivity index (χ3n) is 3.03. The van der Waals surface area contributed by atoms with Crippen molar-refractivity contribution in [1.29, 1.82) is 0 Å². The van der Waals surface area contributed by atoms with Crippen LogP contribution in [-0.2, 0) is 4.79 Å². The molecule has 2 unspecified atom stereocenters. The maximum Gasteiger partial charge on any atom is 0.234 e. The number of nitrogens with zero attached hydrogens (tertiary/aromatic N) is 1. The van der Waals surface area contributed by atoms with Gasteiger partial charge in [-0.3, -0.25) is 9.69 Å². The van der Waals surface area contributed by atoms with E-state index >= 15 is 0 Å². The van der Waals surface area contributed by atoms with Crippen LogP contribution >= 0.6 is 0 Å². The molecule has 0 aromatic carbocycles. The second kappa shape index (κ2) is 7.31. The van der Waals surface area contributed by atoms with Crippen molar-refractivity contribution < 1.29 is 9.21 Å². The van der Waals surface area contributed by atoms with Crippen molar-refractivity contribution in [3.8, 4) is 0 Å². The molecule has 19 heavy (non-hydrogen) atoms. The molecule has 1 heterocycles. The van der Waals surface area contributed by atoms with Gasteiger partial charge in [0.05, 0.1) is 18.8 Å². The average Bonchev–Trinajstić information content (AvgIpc) is 2.81. The van der Waals surface area contributed by atoms with Gasteiger partial charge in [0.25, 0.3) is 0 Å². The van der Waals surface area contributed by atoms with Crippen molar-refractivity contribution in [2.75, 3.05) is 13.6 Å². The van der Waals surface area contributed by atoms with Crippen LogP contribution in [0.5, 0.6) is 0 Å². The molecule has 3 N–H and O–H groups in total. The van der Waals surface area contributed by atoms with Crippen LogP contribution in [0, 0.1) is 0 Å². The summed E-state index contributed by atoms with van der Waals surface area (Å²) in [7, 11) is 1.89. The lowest BCUT2D eigenvalue weighted by molar-refractivity contribution is -0.123. The summed E-state index contributed by atoms with van der Waals surface area (Å²) in [5.74, 6) is 0.798. The first-order chi connectivity index (χ1) is 8.95. The molecule has 2 atom stereocenters. The molecular formula is C14H25N3O2. The van der Waals surface area contributed by atoms with Crippen molar-refractivity contribution in [2.45, 2.75) is 45.3 Å². The smallest absolute Gasteiger partial charge is 0.234 e. The zero-order valence-corrected chi connectivity index (χ0v) is 12.2. The molecule has 1 amide bonds. The number of furan rings is 1. The third-order valence-corrected chi connectivity index (χ3v) is 3.03. The molecule has 1 aromatic rings. The third kappa shape index (κ3) is 4.69. The predicted octanol–water partition coefficient (Wildman–Crippen LogP) is 1.51. The van der Waals surface area contributed by atoms with Crippen LogP contribution in [0.25, 0.3) is 0 Å². The van der Waals surface area contributed by atoms with Gasteiger partial charge in [-0.25, -0.2) is 0 Å². The van der Waals surface area contributed by atoms with Crippen molar-refractivity contribution in [3.63, 3.8) is 0 Å². The van der Waals surface area contributed by atoms with E-state index in [2.05, 4.69) is 5.32 Å². The van der Waals surface area contributed by atoms with Gasteiger partial charge in [-0.2, -0.15) is 0 Å². The zero-order chi connectivity index (χ0) is 14.4. The Kier molecular flexibility index (Phi) is 6.05. The SMILES string of the molecule is CCC(N)C(c1ccco1)N(C)CC(=O)NC(C)C. The molecule has 0 aliphatic rings. The molecule has 0 saturated carbocycles. The highest BCUT2D eigenvalue weighted by Gasteiger charge is 2.26. The molecule has 0 saturated heterocycles. The lowest BCUT2D eigenvalue weighted by Crippen LogP contribution is -2.44. The lowest BCUT2D eigenvalue weighted by atomic mass is 10.0. The topological polar surface area (TPSA) is 71.5 Å². The van der Waals surface area contributed by atoms with Gasteiger partial charge in [0.1, 0.15) is 5.76 Å². The predicted molar refractivity (Wildman–Crippen MR) is 75.6 cm³/mol. The Morgan fingerprint density at radius 2 is 2.21 bits per heavy atom. The molecule has 5 heteroatoms. The van der Waals surface area contributed by atoms with Crippen LogP contribution in [0.4, 0.5) is 0 Å². The summed E-state index contributed by atoms with van der Waals surface area (Å²) >= 11 is 0. The first-order valence-corrected chi connectivity index (χ1v) is 6.74. The molecule has 108 valence electrons. The number of nitrogens with two attached hydrogens (primary N) is 1. The fourth-order valence-electron chi connectivity index (χ4n) is 2.13. The van der Waals surface area contributed by atoms with Gasteiger partial charge in [-0.15, -0.1) is 0 Å². The van der Waals surface area contributed by atoms with E-state index in [4.69, 9.17) is 10.2 Å². The van der Waals surface area contributed by atoms with Crippen molar-refractivity contribution in [1.82, 2.24) is 10.2 Å². The number of nitrogens with one attached hydrogen (secondary N) is 1. The van der Waals surface area contributed by atoms with Crippen LogP contribution in [-0.4, -0.2) is 36.5 Å². The van der Waals surface area contributed by atoms with E-state index < -0.39 is 0 Å². The van der Waals surface area contributed by atoms with E-state index in [9.17, 15) is 4.79 Å². The second-order valence-corrected chi connectivity index (χ2v) is 5.17. The van der Waals surface area contributed by atoms with Crippen LogP contribution in [0.3, 0.4) is 0 Å². The van der Waals surface area contributed by atoms with Crippen LogP contribution in [0.15, 0.2) is 22.8 Å². The minimum absolute atomic E-state index is 0.00245. The molecule has 1 rings (SSSR count). The Morgan fingerprint density at radius 3 is 2.68 bits per heavy atom. The Labute approximate surface area is 115 Å². The molecule has 5 nitrogen and oxygen atoms in total. The van der Waals surface area contributed by atoms with E-state index in [1.54, 1.807) is 6.26 Å². The van der Waals surface area contributed by atoms with Gasteiger partial charge >= 0.3 is 0 Å². The summed E-state index contributed by atoms with van der Waals surface area (Å²) in [4.78, 5) is 13.8. The van der Waals surface area contributed by atoms with E-state index in [1.165, 1.54) is 0 Å². The Bertz CT molecular complexity index is 376. The first-order valence-electron chi connectivity index (χ1n) is 6.74.